The van der Waals surface area contributed by atoms with Crippen LogP contribution in [0.5, 0.6) is 0 Å². The fourth-order valence-corrected chi connectivity index (χ4v) is 4.34. The Kier molecular flexibility index (Phi) is 4.82. The molecule has 2 bridgehead atoms. The van der Waals surface area contributed by atoms with Crippen molar-refractivity contribution >= 4 is 21.6 Å². The minimum Gasteiger partial charge on any atom is -0.451 e. The molecule has 2 aliphatic heterocycles. The Morgan fingerprint density at radius 2 is 1.97 bits per heavy atom. The van der Waals surface area contributed by atoms with Crippen LogP contribution in [0.1, 0.15) is 29.8 Å². The number of sulfonamides is 1. The number of hydrogen-bond acceptors (Lipinski definition) is 5. The van der Waals surface area contributed by atoms with Crippen molar-refractivity contribution in [3.8, 4) is 11.3 Å². The SMILES string of the molecule is O=C(NC1CC2CCC1N2)c1ccc(-c2cccc(NS(=O)(=O)C(F)(F)F)c2)o1. The third kappa shape index (κ3) is 3.97. The molecule has 156 valence electrons. The molecular formula is C18H18F3N3O4S. The standard InChI is InChI=1S/C18H18F3N3O4S/c19-18(20,21)29(26,27)24-12-3-1-2-10(8-12)15-6-7-16(28-15)17(25)23-14-9-11-4-5-13(14)22-11/h1-3,6-8,11,13-14,22,24H,4-5,9H2,(H,23,25). The smallest absolute Gasteiger partial charge is 0.451 e. The summed E-state index contributed by atoms with van der Waals surface area (Å²) in [6, 6.07) is 9.00. The maximum atomic E-state index is 12.5. The lowest BCUT2D eigenvalue weighted by Gasteiger charge is -2.20. The minimum absolute atomic E-state index is 0.0369. The molecule has 0 spiro atoms. The lowest BCUT2D eigenvalue weighted by atomic mass is 9.95. The number of furan rings is 1. The molecular weight excluding hydrogens is 411 g/mol. The Morgan fingerprint density at radius 1 is 1.17 bits per heavy atom. The number of halogens is 3. The zero-order valence-electron chi connectivity index (χ0n) is 15.0. The molecule has 2 aromatic rings. The predicted molar refractivity (Wildman–Crippen MR) is 98.6 cm³/mol. The van der Waals surface area contributed by atoms with Crippen molar-refractivity contribution in [2.24, 2.45) is 0 Å². The zero-order valence-corrected chi connectivity index (χ0v) is 15.8. The molecule has 2 saturated heterocycles. The van der Waals surface area contributed by atoms with E-state index in [1.807, 2.05) is 0 Å². The van der Waals surface area contributed by atoms with Gasteiger partial charge >= 0.3 is 15.5 Å². The Bertz CT molecular complexity index is 1030. The van der Waals surface area contributed by atoms with E-state index in [1.54, 1.807) is 0 Å². The van der Waals surface area contributed by atoms with Gasteiger partial charge in [0.2, 0.25) is 0 Å². The number of carbonyl (C=O) groups is 1. The number of anilines is 1. The van der Waals surface area contributed by atoms with Crippen molar-refractivity contribution in [3.05, 3.63) is 42.2 Å². The van der Waals surface area contributed by atoms with Gasteiger partial charge in [-0.15, -0.1) is 0 Å². The second kappa shape index (κ2) is 7.06. The fraction of sp³-hybridized carbons (Fsp3) is 0.389. The average Bonchev–Trinajstić information content (AvgIpc) is 3.37. The summed E-state index contributed by atoms with van der Waals surface area (Å²) >= 11 is 0. The van der Waals surface area contributed by atoms with Crippen LogP contribution in [0.15, 0.2) is 40.8 Å². The lowest BCUT2D eigenvalue weighted by molar-refractivity contribution is -0.0429. The van der Waals surface area contributed by atoms with Crippen LogP contribution >= 0.6 is 0 Å². The molecule has 7 nitrogen and oxygen atoms in total. The van der Waals surface area contributed by atoms with Crippen LogP contribution in [0.2, 0.25) is 0 Å². The van der Waals surface area contributed by atoms with E-state index in [0.29, 0.717) is 11.6 Å². The number of alkyl halides is 3. The van der Waals surface area contributed by atoms with Gasteiger partial charge in [0.1, 0.15) is 5.76 Å². The molecule has 3 unspecified atom stereocenters. The van der Waals surface area contributed by atoms with Crippen LogP contribution in [-0.4, -0.2) is 38.0 Å². The maximum Gasteiger partial charge on any atom is 0.516 e. The van der Waals surface area contributed by atoms with Crippen LogP contribution < -0.4 is 15.4 Å². The van der Waals surface area contributed by atoms with E-state index in [4.69, 9.17) is 4.42 Å². The van der Waals surface area contributed by atoms with Gasteiger partial charge in [0.25, 0.3) is 5.91 Å². The van der Waals surface area contributed by atoms with E-state index in [1.165, 1.54) is 41.1 Å². The topological polar surface area (TPSA) is 100 Å². The highest BCUT2D eigenvalue weighted by atomic mass is 32.2. The van der Waals surface area contributed by atoms with E-state index < -0.39 is 15.5 Å². The first-order valence-electron chi connectivity index (χ1n) is 8.99. The maximum absolute atomic E-state index is 12.5. The molecule has 3 atom stereocenters. The monoisotopic (exact) mass is 429 g/mol. The van der Waals surface area contributed by atoms with Crippen molar-refractivity contribution in [2.75, 3.05) is 4.72 Å². The van der Waals surface area contributed by atoms with Crippen LogP contribution in [0.3, 0.4) is 0 Å². The largest absolute Gasteiger partial charge is 0.516 e. The lowest BCUT2D eigenvalue weighted by Crippen LogP contribution is -2.42. The van der Waals surface area contributed by atoms with Gasteiger partial charge in [-0.05, 0) is 43.5 Å². The summed E-state index contributed by atoms with van der Waals surface area (Å²) in [5.74, 6) is -0.0668. The molecule has 0 saturated carbocycles. The van der Waals surface area contributed by atoms with Gasteiger partial charge in [-0.2, -0.15) is 21.6 Å². The normalized spacial score (nSPS) is 23.9. The number of carbonyl (C=O) groups excluding carboxylic acids is 1. The first kappa shape index (κ1) is 19.8. The number of nitrogens with one attached hydrogen (secondary N) is 3. The van der Waals surface area contributed by atoms with Crippen molar-refractivity contribution in [1.29, 1.82) is 0 Å². The number of hydrogen-bond donors (Lipinski definition) is 3. The summed E-state index contributed by atoms with van der Waals surface area (Å²) in [6.07, 6.45) is 2.99. The van der Waals surface area contributed by atoms with Gasteiger partial charge in [-0.3, -0.25) is 9.52 Å². The van der Waals surface area contributed by atoms with E-state index in [-0.39, 0.29) is 35.2 Å². The summed E-state index contributed by atoms with van der Waals surface area (Å²) in [6.45, 7) is 0. The Labute approximate surface area is 164 Å². The highest BCUT2D eigenvalue weighted by Crippen LogP contribution is 2.30. The van der Waals surface area contributed by atoms with E-state index >= 15 is 0 Å². The molecule has 1 aromatic carbocycles. The van der Waals surface area contributed by atoms with E-state index in [0.717, 1.165) is 19.3 Å². The molecule has 29 heavy (non-hydrogen) atoms. The van der Waals surface area contributed by atoms with E-state index in [9.17, 15) is 26.4 Å². The molecule has 0 radical (unpaired) electrons. The molecule has 3 heterocycles. The van der Waals surface area contributed by atoms with Crippen LogP contribution in [0.4, 0.5) is 18.9 Å². The molecule has 1 aromatic heterocycles. The number of fused-ring (bicyclic) bond motifs is 2. The van der Waals surface area contributed by atoms with Crippen molar-refractivity contribution in [2.45, 2.75) is 42.9 Å². The highest BCUT2D eigenvalue weighted by Gasteiger charge is 2.46. The Hall–Kier alpha value is -2.53. The number of rotatable bonds is 5. The van der Waals surface area contributed by atoms with E-state index in [2.05, 4.69) is 10.6 Å². The average molecular weight is 429 g/mol. The first-order valence-corrected chi connectivity index (χ1v) is 10.5. The summed E-state index contributed by atoms with van der Waals surface area (Å²) in [4.78, 5) is 12.4. The van der Waals surface area contributed by atoms with Crippen molar-refractivity contribution < 1.29 is 30.8 Å². The second-order valence-corrected chi connectivity index (χ2v) is 8.83. The molecule has 11 heteroatoms. The highest BCUT2D eigenvalue weighted by molar-refractivity contribution is 7.93. The van der Waals surface area contributed by atoms with Gasteiger partial charge in [0, 0.05) is 29.4 Å². The summed E-state index contributed by atoms with van der Waals surface area (Å²) < 4.78 is 67.2. The zero-order chi connectivity index (χ0) is 20.8. The van der Waals surface area contributed by atoms with Crippen LogP contribution in [0.25, 0.3) is 11.3 Å². The Balaban J connectivity index is 1.47. The Morgan fingerprint density at radius 3 is 2.62 bits per heavy atom. The molecule has 0 aliphatic carbocycles. The molecule has 2 aliphatic rings. The molecule has 2 fully saturated rings. The quantitative estimate of drug-likeness (QED) is 0.679. The number of amides is 1. The van der Waals surface area contributed by atoms with Crippen LogP contribution in [-0.2, 0) is 10.0 Å². The minimum atomic E-state index is -5.53. The fourth-order valence-electron chi connectivity index (χ4n) is 3.79. The molecule has 4 rings (SSSR count). The van der Waals surface area contributed by atoms with Gasteiger partial charge in [0.05, 0.1) is 0 Å². The summed E-state index contributed by atoms with van der Waals surface area (Å²) in [5.41, 5.74) is -5.36. The van der Waals surface area contributed by atoms with Gasteiger partial charge in [0.15, 0.2) is 5.76 Å². The number of benzene rings is 1. The summed E-state index contributed by atoms with van der Waals surface area (Å²) in [7, 11) is -5.53. The van der Waals surface area contributed by atoms with Gasteiger partial charge in [-0.25, -0.2) is 0 Å². The predicted octanol–water partition coefficient (Wildman–Crippen LogP) is 2.83. The van der Waals surface area contributed by atoms with Gasteiger partial charge < -0.3 is 15.1 Å². The third-order valence-electron chi connectivity index (χ3n) is 5.15. The van der Waals surface area contributed by atoms with Crippen molar-refractivity contribution in [1.82, 2.24) is 10.6 Å². The third-order valence-corrected chi connectivity index (χ3v) is 6.26. The molecule has 3 N–H and O–H groups in total. The van der Waals surface area contributed by atoms with Gasteiger partial charge in [-0.1, -0.05) is 12.1 Å². The second-order valence-electron chi connectivity index (χ2n) is 7.16. The van der Waals surface area contributed by atoms with Crippen molar-refractivity contribution in [3.63, 3.8) is 0 Å². The first-order chi connectivity index (χ1) is 13.6. The van der Waals surface area contributed by atoms with Crippen LogP contribution in [0, 0.1) is 0 Å². The molecule has 1 amide bonds. The summed E-state index contributed by atoms with van der Waals surface area (Å²) in [5, 5.41) is 6.36.